The number of hydrogen-bond acceptors (Lipinski definition) is 0. The number of allylic oxidation sites excluding steroid dienone is 4. The van der Waals surface area contributed by atoms with Gasteiger partial charge in [-0.05, 0) is 0 Å². The Morgan fingerprint density at radius 3 is 2.62 bits per heavy atom. The molecule has 0 bridgehead atoms. The third-order valence-electron chi connectivity index (χ3n) is 3.56. The van der Waals surface area contributed by atoms with E-state index < -0.39 is 0 Å². The van der Waals surface area contributed by atoms with Crippen LogP contribution < -0.4 is 0 Å². The Labute approximate surface area is 92.9 Å². The molecule has 0 heterocycles. The predicted molar refractivity (Wildman–Crippen MR) is 52.0 cm³/mol. The van der Waals surface area contributed by atoms with E-state index in [0.29, 0.717) is 0 Å². The van der Waals surface area contributed by atoms with Crippen LogP contribution in [-0.4, -0.2) is 0 Å². The second-order valence-electron chi connectivity index (χ2n) is 4.19. The first kappa shape index (κ1) is 9.74. The minimum atomic E-state index is 0.778. The van der Waals surface area contributed by atoms with Crippen molar-refractivity contribution in [3.63, 3.8) is 0 Å². The Bertz CT molecular complexity index is 283. The van der Waals surface area contributed by atoms with Crippen LogP contribution in [0.1, 0.15) is 46.0 Å². The van der Waals surface area contributed by atoms with Crippen molar-refractivity contribution >= 4 is 0 Å². The molecule has 0 fully saturated rings. The number of hydrogen-bond donors (Lipinski definition) is 0. The van der Waals surface area contributed by atoms with Gasteiger partial charge in [0.05, 0.1) is 0 Å². The molecular formula is C12H17Ti. The van der Waals surface area contributed by atoms with E-state index in [1.807, 2.05) is 0 Å². The fourth-order valence-electron chi connectivity index (χ4n) is 2.80. The Kier molecular flexibility index (Phi) is 2.81. The van der Waals surface area contributed by atoms with E-state index in [2.05, 4.69) is 34.3 Å². The van der Waals surface area contributed by atoms with Crippen molar-refractivity contribution < 1.29 is 20.4 Å². The van der Waals surface area contributed by atoms with Crippen molar-refractivity contribution in [3.8, 4) is 0 Å². The zero-order valence-electron chi connectivity index (χ0n) is 8.61. The molecule has 2 rings (SSSR count). The molecular weight excluding hydrogens is 192 g/mol. The van der Waals surface area contributed by atoms with E-state index >= 15 is 0 Å². The summed E-state index contributed by atoms with van der Waals surface area (Å²) in [7, 11) is 0. The van der Waals surface area contributed by atoms with Gasteiger partial charge in [0.25, 0.3) is 0 Å². The summed E-state index contributed by atoms with van der Waals surface area (Å²) in [5, 5.41) is 0. The molecule has 0 saturated carbocycles. The topological polar surface area (TPSA) is 0 Å². The van der Waals surface area contributed by atoms with Crippen LogP contribution in [0.15, 0.2) is 20.6 Å². The SMILES string of the molecule is CCC1=[C]([Ti])C2=C(CCCC2)C1C. The zero-order valence-corrected chi connectivity index (χ0v) is 10.2. The van der Waals surface area contributed by atoms with E-state index in [1.54, 1.807) is 20.6 Å². The molecule has 2 aliphatic carbocycles. The molecule has 1 heteroatoms. The molecule has 0 aromatic carbocycles. The van der Waals surface area contributed by atoms with Crippen LogP contribution in [-0.2, 0) is 20.4 Å². The molecule has 0 N–H and O–H groups in total. The second-order valence-corrected chi connectivity index (χ2v) is 4.97. The summed E-state index contributed by atoms with van der Waals surface area (Å²) >= 11 is 2.34. The molecule has 0 spiro atoms. The van der Waals surface area contributed by atoms with Crippen LogP contribution in [0.2, 0.25) is 0 Å². The zero-order chi connectivity index (χ0) is 9.42. The molecule has 0 radical (unpaired) electrons. The fraction of sp³-hybridized carbons (Fsp3) is 0.667. The Hall–Kier alpha value is 0.194. The van der Waals surface area contributed by atoms with Gasteiger partial charge in [-0.2, -0.15) is 0 Å². The van der Waals surface area contributed by atoms with Gasteiger partial charge < -0.3 is 0 Å². The van der Waals surface area contributed by atoms with E-state index in [0.717, 1.165) is 5.92 Å². The van der Waals surface area contributed by atoms with Gasteiger partial charge in [-0.25, -0.2) is 0 Å². The summed E-state index contributed by atoms with van der Waals surface area (Å²) < 4.78 is 1.64. The summed E-state index contributed by atoms with van der Waals surface area (Å²) in [6, 6.07) is 0. The Balaban J connectivity index is 2.36. The quantitative estimate of drug-likeness (QED) is 0.577. The van der Waals surface area contributed by atoms with Gasteiger partial charge in [0.1, 0.15) is 0 Å². The molecule has 0 aromatic heterocycles. The summed E-state index contributed by atoms with van der Waals surface area (Å²) in [6.07, 6.45) is 6.82. The van der Waals surface area contributed by atoms with Gasteiger partial charge in [-0.3, -0.25) is 0 Å². The third kappa shape index (κ3) is 1.49. The van der Waals surface area contributed by atoms with Gasteiger partial charge in [-0.1, -0.05) is 0 Å². The monoisotopic (exact) mass is 209 g/mol. The van der Waals surface area contributed by atoms with Gasteiger partial charge in [-0.15, -0.1) is 0 Å². The van der Waals surface area contributed by atoms with Gasteiger partial charge in [0.15, 0.2) is 0 Å². The van der Waals surface area contributed by atoms with Crippen LogP contribution in [0, 0.1) is 5.92 Å². The van der Waals surface area contributed by atoms with Crippen LogP contribution in [0.5, 0.6) is 0 Å². The number of rotatable bonds is 1. The average molecular weight is 209 g/mol. The van der Waals surface area contributed by atoms with Crippen LogP contribution in [0.4, 0.5) is 0 Å². The van der Waals surface area contributed by atoms with Crippen LogP contribution >= 0.6 is 0 Å². The minimum absolute atomic E-state index is 0.778. The second kappa shape index (κ2) is 3.75. The fourth-order valence-corrected chi connectivity index (χ4v) is 3.86. The molecule has 2 aliphatic rings. The first-order valence-electron chi connectivity index (χ1n) is 5.42. The van der Waals surface area contributed by atoms with Crippen molar-refractivity contribution in [3.05, 3.63) is 20.6 Å². The molecule has 0 amide bonds. The molecule has 0 aliphatic heterocycles. The normalized spacial score (nSPS) is 28.2. The molecule has 0 aromatic rings. The molecule has 0 saturated heterocycles. The van der Waals surface area contributed by atoms with E-state index in [4.69, 9.17) is 0 Å². The standard InChI is InChI=1S/C12H17.Ti/c1-3-10-8-11-6-4-5-7-12(11)9(10)2;/h9H,3-7H2,1-2H3;. The third-order valence-corrected chi connectivity index (χ3v) is 4.53. The van der Waals surface area contributed by atoms with Gasteiger partial charge in [0, 0.05) is 0 Å². The molecule has 1 atom stereocenters. The average Bonchev–Trinajstić information content (AvgIpc) is 2.41. The van der Waals surface area contributed by atoms with E-state index in [9.17, 15) is 0 Å². The van der Waals surface area contributed by atoms with Crippen LogP contribution in [0.3, 0.4) is 0 Å². The van der Waals surface area contributed by atoms with E-state index in [1.165, 1.54) is 32.1 Å². The van der Waals surface area contributed by atoms with Gasteiger partial charge in [0.2, 0.25) is 0 Å². The summed E-state index contributed by atoms with van der Waals surface area (Å²) in [5.74, 6) is 0.778. The van der Waals surface area contributed by atoms with Crippen molar-refractivity contribution in [1.82, 2.24) is 0 Å². The molecule has 1 unspecified atom stereocenters. The first-order chi connectivity index (χ1) is 6.25. The van der Waals surface area contributed by atoms with Crippen molar-refractivity contribution in [1.29, 1.82) is 0 Å². The molecule has 13 heavy (non-hydrogen) atoms. The van der Waals surface area contributed by atoms with Crippen molar-refractivity contribution in [2.24, 2.45) is 5.92 Å². The van der Waals surface area contributed by atoms with E-state index in [-0.39, 0.29) is 0 Å². The van der Waals surface area contributed by atoms with Crippen molar-refractivity contribution in [2.45, 2.75) is 46.0 Å². The predicted octanol–water partition coefficient (Wildman–Crippen LogP) is 3.72. The van der Waals surface area contributed by atoms with Gasteiger partial charge >= 0.3 is 92.9 Å². The Morgan fingerprint density at radius 2 is 2.00 bits per heavy atom. The summed E-state index contributed by atoms with van der Waals surface area (Å²) in [4.78, 5) is 0. The maximum atomic E-state index is 2.40. The molecule has 69 valence electrons. The maximum absolute atomic E-state index is 2.40. The van der Waals surface area contributed by atoms with Crippen LogP contribution in [0.25, 0.3) is 0 Å². The summed E-state index contributed by atoms with van der Waals surface area (Å²) in [6.45, 7) is 4.70. The first-order valence-corrected chi connectivity index (χ1v) is 6.20. The summed E-state index contributed by atoms with van der Waals surface area (Å²) in [5.41, 5.74) is 5.23. The Morgan fingerprint density at radius 1 is 1.31 bits per heavy atom. The van der Waals surface area contributed by atoms with Crippen molar-refractivity contribution in [2.75, 3.05) is 0 Å². The molecule has 0 nitrogen and oxygen atoms in total.